The van der Waals surface area contributed by atoms with Crippen molar-refractivity contribution in [3.8, 4) is 6.07 Å². The molecule has 1 aliphatic heterocycles. The standard InChI is InChI=1S/C17H20N6O/c1-2-15-13(4-3-5-19-15)12-22-6-8-23(9-7-22)16-11-20-21-17(24)14(16)10-18/h3-5,11H,2,6-9,12H2,1H3,(H,21,24). The van der Waals surface area contributed by atoms with Crippen LogP contribution in [0.1, 0.15) is 23.7 Å². The number of nitrogens with zero attached hydrogens (tertiary/aromatic N) is 5. The second-order valence-electron chi connectivity index (χ2n) is 5.80. The molecular weight excluding hydrogens is 304 g/mol. The van der Waals surface area contributed by atoms with E-state index in [0.29, 0.717) is 5.69 Å². The van der Waals surface area contributed by atoms with Crippen LogP contribution in [0.25, 0.3) is 0 Å². The minimum Gasteiger partial charge on any atom is -0.366 e. The van der Waals surface area contributed by atoms with Gasteiger partial charge in [0, 0.05) is 44.6 Å². The van der Waals surface area contributed by atoms with Gasteiger partial charge in [-0.05, 0) is 18.1 Å². The lowest BCUT2D eigenvalue weighted by Crippen LogP contribution is -2.46. The fourth-order valence-corrected chi connectivity index (χ4v) is 3.06. The molecule has 0 amide bonds. The molecule has 1 saturated heterocycles. The van der Waals surface area contributed by atoms with Crippen molar-refractivity contribution in [1.29, 1.82) is 5.26 Å². The fraction of sp³-hybridized carbons (Fsp3) is 0.412. The third kappa shape index (κ3) is 3.29. The minimum atomic E-state index is -0.430. The summed E-state index contributed by atoms with van der Waals surface area (Å²) in [5.74, 6) is 0. The van der Waals surface area contributed by atoms with E-state index in [1.807, 2.05) is 18.3 Å². The van der Waals surface area contributed by atoms with Crippen molar-refractivity contribution in [2.45, 2.75) is 19.9 Å². The molecule has 7 heteroatoms. The van der Waals surface area contributed by atoms with E-state index in [1.165, 1.54) is 5.56 Å². The topological polar surface area (TPSA) is 88.9 Å². The molecule has 24 heavy (non-hydrogen) atoms. The van der Waals surface area contributed by atoms with E-state index in [1.54, 1.807) is 6.20 Å². The third-order valence-corrected chi connectivity index (χ3v) is 4.37. The summed E-state index contributed by atoms with van der Waals surface area (Å²) in [5.41, 5.74) is 2.74. The molecule has 7 nitrogen and oxygen atoms in total. The van der Waals surface area contributed by atoms with Crippen LogP contribution in [0.2, 0.25) is 0 Å². The molecule has 0 aromatic carbocycles. The average Bonchev–Trinajstić information content (AvgIpc) is 2.62. The smallest absolute Gasteiger partial charge is 0.284 e. The van der Waals surface area contributed by atoms with Gasteiger partial charge in [0.2, 0.25) is 0 Å². The average molecular weight is 324 g/mol. The van der Waals surface area contributed by atoms with Crippen molar-refractivity contribution in [2.75, 3.05) is 31.1 Å². The fourth-order valence-electron chi connectivity index (χ4n) is 3.06. The number of pyridine rings is 1. The van der Waals surface area contributed by atoms with E-state index in [4.69, 9.17) is 0 Å². The van der Waals surface area contributed by atoms with Crippen LogP contribution in [-0.2, 0) is 13.0 Å². The van der Waals surface area contributed by atoms with Crippen LogP contribution < -0.4 is 10.5 Å². The van der Waals surface area contributed by atoms with E-state index < -0.39 is 5.56 Å². The molecule has 0 radical (unpaired) electrons. The number of aryl methyl sites for hydroxylation is 1. The Balaban J connectivity index is 1.68. The zero-order chi connectivity index (χ0) is 16.9. The number of aromatic amines is 1. The summed E-state index contributed by atoms with van der Waals surface area (Å²) < 4.78 is 0. The highest BCUT2D eigenvalue weighted by molar-refractivity contribution is 5.56. The maximum absolute atomic E-state index is 11.7. The van der Waals surface area contributed by atoms with Gasteiger partial charge in [-0.25, -0.2) is 5.10 Å². The monoisotopic (exact) mass is 324 g/mol. The van der Waals surface area contributed by atoms with Crippen LogP contribution in [0.3, 0.4) is 0 Å². The number of hydrogen-bond donors (Lipinski definition) is 1. The first kappa shape index (κ1) is 16.1. The van der Waals surface area contributed by atoms with Gasteiger partial charge in [-0.15, -0.1) is 0 Å². The number of anilines is 1. The summed E-state index contributed by atoms with van der Waals surface area (Å²) in [6.07, 6.45) is 4.33. The molecule has 2 aromatic heterocycles. The maximum atomic E-state index is 11.7. The van der Waals surface area contributed by atoms with Gasteiger partial charge in [0.25, 0.3) is 5.56 Å². The van der Waals surface area contributed by atoms with Crippen molar-refractivity contribution in [2.24, 2.45) is 0 Å². The molecule has 0 atom stereocenters. The molecule has 3 heterocycles. The molecule has 0 spiro atoms. The molecule has 0 aliphatic carbocycles. The summed E-state index contributed by atoms with van der Waals surface area (Å²) in [4.78, 5) is 20.6. The van der Waals surface area contributed by atoms with Gasteiger partial charge >= 0.3 is 0 Å². The van der Waals surface area contributed by atoms with Crippen molar-refractivity contribution in [1.82, 2.24) is 20.1 Å². The zero-order valence-electron chi connectivity index (χ0n) is 13.7. The van der Waals surface area contributed by atoms with Crippen LogP contribution in [0.4, 0.5) is 5.69 Å². The Labute approximate surface area is 140 Å². The molecule has 2 aromatic rings. The SMILES string of the molecule is CCc1ncccc1CN1CCN(c2cn[nH]c(=O)c2C#N)CC1. The highest BCUT2D eigenvalue weighted by atomic mass is 16.1. The number of hydrogen-bond acceptors (Lipinski definition) is 6. The lowest BCUT2D eigenvalue weighted by atomic mass is 10.1. The van der Waals surface area contributed by atoms with Gasteiger partial charge in [-0.1, -0.05) is 13.0 Å². The summed E-state index contributed by atoms with van der Waals surface area (Å²) in [6.45, 7) is 6.27. The molecular formula is C17H20N6O. The summed E-state index contributed by atoms with van der Waals surface area (Å²) in [7, 11) is 0. The molecule has 124 valence electrons. The molecule has 1 N–H and O–H groups in total. The number of nitrogens with one attached hydrogen (secondary N) is 1. The summed E-state index contributed by atoms with van der Waals surface area (Å²) in [5, 5.41) is 15.3. The second kappa shape index (κ2) is 7.23. The van der Waals surface area contributed by atoms with E-state index in [2.05, 4.69) is 38.0 Å². The Morgan fingerprint density at radius 1 is 1.33 bits per heavy atom. The van der Waals surface area contributed by atoms with Crippen LogP contribution in [0.5, 0.6) is 0 Å². The van der Waals surface area contributed by atoms with Gasteiger partial charge in [-0.3, -0.25) is 14.7 Å². The molecule has 3 rings (SSSR count). The Bertz CT molecular complexity index is 801. The Morgan fingerprint density at radius 3 is 2.83 bits per heavy atom. The van der Waals surface area contributed by atoms with Crippen molar-refractivity contribution in [3.63, 3.8) is 0 Å². The quantitative estimate of drug-likeness (QED) is 0.900. The van der Waals surface area contributed by atoms with E-state index in [9.17, 15) is 10.1 Å². The number of nitriles is 1. The molecule has 0 unspecified atom stereocenters. The Hall–Kier alpha value is -2.72. The van der Waals surface area contributed by atoms with Gasteiger partial charge in [0.15, 0.2) is 0 Å². The minimum absolute atomic E-state index is 0.138. The third-order valence-electron chi connectivity index (χ3n) is 4.37. The molecule has 0 bridgehead atoms. The van der Waals surface area contributed by atoms with Gasteiger partial charge in [0.05, 0.1) is 11.9 Å². The lowest BCUT2D eigenvalue weighted by molar-refractivity contribution is 0.249. The largest absolute Gasteiger partial charge is 0.366 e. The first-order chi connectivity index (χ1) is 11.7. The van der Waals surface area contributed by atoms with Crippen LogP contribution in [0.15, 0.2) is 29.3 Å². The predicted molar refractivity (Wildman–Crippen MR) is 90.7 cm³/mol. The maximum Gasteiger partial charge on any atom is 0.284 e. The number of aromatic nitrogens is 3. The van der Waals surface area contributed by atoms with Crippen molar-refractivity contribution < 1.29 is 0 Å². The predicted octanol–water partition coefficient (Wildman–Crippen LogP) is 0.921. The second-order valence-corrected chi connectivity index (χ2v) is 5.80. The normalized spacial score (nSPS) is 15.2. The number of rotatable bonds is 4. The molecule has 0 saturated carbocycles. The van der Waals surface area contributed by atoms with E-state index in [-0.39, 0.29) is 5.56 Å². The van der Waals surface area contributed by atoms with Crippen LogP contribution in [0, 0.1) is 11.3 Å². The summed E-state index contributed by atoms with van der Waals surface area (Å²) >= 11 is 0. The first-order valence-electron chi connectivity index (χ1n) is 8.10. The van der Waals surface area contributed by atoms with Gasteiger partial charge in [-0.2, -0.15) is 10.4 Å². The lowest BCUT2D eigenvalue weighted by Gasteiger charge is -2.36. The van der Waals surface area contributed by atoms with Crippen molar-refractivity contribution >= 4 is 5.69 Å². The summed E-state index contributed by atoms with van der Waals surface area (Å²) in [6, 6.07) is 6.09. The Kier molecular flexibility index (Phi) is 4.87. The van der Waals surface area contributed by atoms with E-state index in [0.717, 1.165) is 44.8 Å². The van der Waals surface area contributed by atoms with Gasteiger partial charge < -0.3 is 4.90 Å². The number of piperazine rings is 1. The number of H-pyrrole nitrogens is 1. The highest BCUT2D eigenvalue weighted by Crippen LogP contribution is 2.18. The van der Waals surface area contributed by atoms with E-state index >= 15 is 0 Å². The van der Waals surface area contributed by atoms with Crippen LogP contribution in [-0.4, -0.2) is 46.3 Å². The Morgan fingerprint density at radius 2 is 2.12 bits per heavy atom. The molecule has 1 aliphatic rings. The van der Waals surface area contributed by atoms with Crippen molar-refractivity contribution in [3.05, 3.63) is 51.7 Å². The highest BCUT2D eigenvalue weighted by Gasteiger charge is 2.21. The zero-order valence-corrected chi connectivity index (χ0v) is 13.7. The van der Waals surface area contributed by atoms with Gasteiger partial charge in [0.1, 0.15) is 11.6 Å². The molecule has 1 fully saturated rings. The first-order valence-corrected chi connectivity index (χ1v) is 8.10. The van der Waals surface area contributed by atoms with Crippen LogP contribution >= 0.6 is 0 Å².